The summed E-state index contributed by atoms with van der Waals surface area (Å²) in [7, 11) is -21.3. The second kappa shape index (κ2) is 32.0. The standard InChI is InChI=1S/C75H63N15O27S6/c1-85-31-44(22-61(85)73(97)82-47-25-58(88(4)34-47)70(94)76-41-11-7-37-15-50(118(100,101)102)28-64(54(37)19-41)121(109,110)111)79-67(91)40-10-14-53(68(92)80-45-23-62(86(2)32-45)74(98)83-48-26-59(89(5)35-48)71(95)77-42-12-8-38-16-51(119(103,104)105)29-65(55(38)20-42)122(112,113)114)57(18-40)69(93)81-46-24-63(87(3)33-46)75(99)84-49-27-60(90(6)36-49)72(96)78-43-13-9-39-17-52(120(106,107)108)30-66(56(39)21-43)123(115,116)117/h7-36H,1-6H3,(H,76,94)(H,77,95)(H,78,96)(H,79,91)(H,80,92)(H,81,93)(H,82,97)(H,83,98)(H,84,99)(H,100,101,102)(H,103,104,105)(H,106,107,108)(H,109,110,111)(H,112,113,114)(H,115,116,117). The number of hydrogen-bond donors (Lipinski definition) is 15. The molecular weight excluding hydrogens is 1740 g/mol. The molecule has 0 aliphatic rings. The Labute approximate surface area is 694 Å². The van der Waals surface area contributed by atoms with Crippen molar-refractivity contribution in [2.75, 3.05) is 47.9 Å². The third-order valence-corrected chi connectivity index (χ3v) is 24.1. The van der Waals surface area contributed by atoms with Crippen molar-refractivity contribution in [3.63, 3.8) is 0 Å². The van der Waals surface area contributed by atoms with Crippen LogP contribution >= 0.6 is 0 Å². The van der Waals surface area contributed by atoms with Gasteiger partial charge in [-0.1, -0.05) is 18.2 Å². The fourth-order valence-electron chi connectivity index (χ4n) is 13.2. The number of nitrogens with one attached hydrogen (secondary N) is 9. The van der Waals surface area contributed by atoms with Gasteiger partial charge in [0.1, 0.15) is 48.9 Å². The second-order valence-corrected chi connectivity index (χ2v) is 36.1. The Bertz CT molecular complexity index is 7590. The fourth-order valence-corrected chi connectivity index (χ4v) is 17.3. The topological polar surface area (TPSA) is 618 Å². The van der Waals surface area contributed by atoms with Crippen LogP contribution in [0.3, 0.4) is 0 Å². The van der Waals surface area contributed by atoms with Crippen molar-refractivity contribution in [1.82, 2.24) is 27.4 Å². The van der Waals surface area contributed by atoms with Crippen LogP contribution in [0.5, 0.6) is 0 Å². The lowest BCUT2D eigenvalue weighted by Gasteiger charge is -2.12. The molecule has 123 heavy (non-hydrogen) atoms. The number of fused-ring (bicyclic) bond motifs is 3. The smallest absolute Gasteiger partial charge is 0.295 e. The molecule has 15 N–H and O–H groups in total. The van der Waals surface area contributed by atoms with Gasteiger partial charge in [-0.05, 0) is 144 Å². The summed E-state index contributed by atoms with van der Waals surface area (Å²) in [5, 5.41) is 22.7. The van der Waals surface area contributed by atoms with Crippen molar-refractivity contribution < 1.29 is 121 Å². The zero-order valence-corrected chi connectivity index (χ0v) is 68.6. The van der Waals surface area contributed by atoms with Crippen LogP contribution in [-0.4, -0.2) is 158 Å². The highest BCUT2D eigenvalue weighted by Gasteiger charge is 2.30. The third-order valence-electron chi connectivity index (χ3n) is 18.9. The van der Waals surface area contributed by atoms with Crippen molar-refractivity contribution in [3.05, 3.63) is 234 Å². The lowest BCUT2D eigenvalue weighted by atomic mass is 10.0. The first-order valence-corrected chi connectivity index (χ1v) is 43.5. The van der Waals surface area contributed by atoms with E-state index in [1.807, 2.05) is 0 Å². The number of carbonyl (C=O) groups excluding carboxylic acids is 9. The maximum atomic E-state index is 14.8. The van der Waals surface area contributed by atoms with Crippen molar-refractivity contribution in [2.24, 2.45) is 42.3 Å². The molecule has 6 aromatic heterocycles. The number of aryl methyl sites for hydroxylation is 6. The Hall–Kier alpha value is -14.3. The number of amides is 9. The Kier molecular flexibility index (Phi) is 22.5. The molecule has 0 atom stereocenters. The van der Waals surface area contributed by atoms with Gasteiger partial charge in [0.15, 0.2) is 0 Å². The maximum absolute atomic E-state index is 14.8. The summed E-state index contributed by atoms with van der Waals surface area (Å²) in [6, 6.07) is 26.4. The molecule has 9 amide bonds. The van der Waals surface area contributed by atoms with Gasteiger partial charge in [-0.25, -0.2) is 0 Å². The van der Waals surface area contributed by atoms with Gasteiger partial charge in [-0.2, -0.15) is 50.5 Å². The SMILES string of the molecule is Cn1cc(NC(=O)c2ccc(C(=O)Nc3cc(C(=O)Nc4cc(C(=O)Nc5ccc6cc(S(=O)(=O)O)cc(S(=O)(=O)O)c6c5)n(C)c4)n(C)c3)c(C(=O)Nc3cc(C(=O)Nc4cc(C(=O)Nc5ccc6cc(S(=O)(=O)O)cc(S(=O)(=O)O)c6c5)n(C)c4)n(C)c3)c2)cc1C(=O)Nc1cc(C(=O)Nc2ccc3cc(S(=O)(=O)O)cc(S(=O)(=O)O)c3c2)n(C)c1. The summed E-state index contributed by atoms with van der Waals surface area (Å²) >= 11 is 0. The van der Waals surface area contributed by atoms with Crippen LogP contribution in [0, 0.1) is 0 Å². The molecule has 7 aromatic carbocycles. The predicted octanol–water partition coefficient (Wildman–Crippen LogP) is 7.93. The summed E-state index contributed by atoms with van der Waals surface area (Å²) in [6.45, 7) is 0. The first kappa shape index (κ1) is 86.5. The first-order chi connectivity index (χ1) is 57.3. The quantitative estimate of drug-likeness (QED) is 0.0255. The molecule has 42 nitrogen and oxygen atoms in total. The summed E-state index contributed by atoms with van der Waals surface area (Å²) in [5.74, 6) is -7.64. The zero-order valence-electron chi connectivity index (χ0n) is 63.7. The molecule has 0 aliphatic heterocycles. The summed E-state index contributed by atoms with van der Waals surface area (Å²) < 4.78 is 212. The van der Waals surface area contributed by atoms with E-state index >= 15 is 0 Å². The van der Waals surface area contributed by atoms with E-state index in [0.717, 1.165) is 48.5 Å². The molecule has 0 unspecified atom stereocenters. The van der Waals surface area contributed by atoms with Crippen LogP contribution in [0.15, 0.2) is 212 Å². The van der Waals surface area contributed by atoms with E-state index in [1.54, 1.807) is 0 Å². The molecule has 0 radical (unpaired) electrons. The maximum Gasteiger partial charge on any atom is 0.295 e. The van der Waals surface area contributed by atoms with Gasteiger partial charge in [0, 0.05) is 118 Å². The minimum absolute atomic E-state index is 0.0200. The van der Waals surface area contributed by atoms with Gasteiger partial charge < -0.3 is 75.3 Å². The van der Waals surface area contributed by atoms with E-state index in [4.69, 9.17) is 0 Å². The van der Waals surface area contributed by atoms with Gasteiger partial charge in [0.25, 0.3) is 114 Å². The van der Waals surface area contributed by atoms with Crippen LogP contribution < -0.4 is 47.9 Å². The van der Waals surface area contributed by atoms with Crippen LogP contribution in [-0.2, 0) is 103 Å². The van der Waals surface area contributed by atoms with E-state index in [0.29, 0.717) is 18.2 Å². The van der Waals surface area contributed by atoms with Crippen molar-refractivity contribution in [1.29, 1.82) is 0 Å². The van der Waals surface area contributed by atoms with Crippen LogP contribution in [0.25, 0.3) is 32.3 Å². The molecule has 0 spiro atoms. The lowest BCUT2D eigenvalue weighted by Crippen LogP contribution is -2.22. The molecule has 13 rings (SSSR count). The predicted molar refractivity (Wildman–Crippen MR) is 441 cm³/mol. The minimum atomic E-state index is -5.10. The Morgan fingerprint density at radius 1 is 0.228 bits per heavy atom. The molecule has 0 saturated heterocycles. The Balaban J connectivity index is 0.719. The number of hydrogen-bond acceptors (Lipinski definition) is 21. The highest BCUT2D eigenvalue weighted by Crippen LogP contribution is 2.35. The summed E-state index contributed by atoms with van der Waals surface area (Å²) in [5.41, 5.74) is -1.42. The number of anilines is 9. The molecule has 0 saturated carbocycles. The average molecular weight is 1800 g/mol. The second-order valence-electron chi connectivity index (χ2n) is 27.6. The van der Waals surface area contributed by atoms with Gasteiger partial charge in [0.2, 0.25) is 0 Å². The van der Waals surface area contributed by atoms with E-state index in [1.165, 1.54) is 186 Å². The molecular formula is C75H63N15O27S6. The minimum Gasteiger partial charge on any atom is -0.344 e. The summed E-state index contributed by atoms with van der Waals surface area (Å²) in [4.78, 5) is 121. The Morgan fingerprint density at radius 2 is 0.447 bits per heavy atom. The molecule has 48 heteroatoms. The molecule has 6 heterocycles. The highest BCUT2D eigenvalue weighted by molar-refractivity contribution is 7.87. The number of benzene rings is 7. The molecule has 0 bridgehead atoms. The van der Waals surface area contributed by atoms with Crippen LogP contribution in [0.4, 0.5) is 51.2 Å². The van der Waals surface area contributed by atoms with E-state index in [-0.39, 0.29) is 129 Å². The van der Waals surface area contributed by atoms with Crippen molar-refractivity contribution >= 4 is 197 Å². The van der Waals surface area contributed by atoms with Gasteiger partial charge in [-0.3, -0.25) is 70.5 Å². The number of nitrogens with zero attached hydrogens (tertiary/aromatic N) is 6. The number of aromatic nitrogens is 6. The Morgan fingerprint density at radius 3 is 0.683 bits per heavy atom. The van der Waals surface area contributed by atoms with Gasteiger partial charge in [-0.15, -0.1) is 0 Å². The lowest BCUT2D eigenvalue weighted by molar-refractivity contribution is 0.0988. The number of rotatable bonds is 24. The van der Waals surface area contributed by atoms with E-state index < -0.39 is 149 Å². The number of carbonyl (C=O) groups is 9. The normalized spacial score (nSPS) is 12.1. The molecule has 636 valence electrons. The zero-order chi connectivity index (χ0) is 89.6. The highest BCUT2D eigenvalue weighted by atomic mass is 32.2. The molecule has 0 aliphatic carbocycles. The van der Waals surface area contributed by atoms with Crippen molar-refractivity contribution in [3.8, 4) is 0 Å². The van der Waals surface area contributed by atoms with E-state index in [9.17, 15) is 121 Å². The first-order valence-electron chi connectivity index (χ1n) is 34.8. The van der Waals surface area contributed by atoms with Gasteiger partial charge in [0.05, 0.1) is 59.9 Å². The molecule has 13 aromatic rings. The van der Waals surface area contributed by atoms with Gasteiger partial charge >= 0.3 is 0 Å². The summed E-state index contributed by atoms with van der Waals surface area (Å²) in [6.07, 6.45) is 8.10. The monoisotopic (exact) mass is 1800 g/mol. The fraction of sp³-hybridized carbons (Fsp3) is 0.0800. The van der Waals surface area contributed by atoms with Crippen LogP contribution in [0.2, 0.25) is 0 Å². The average Bonchev–Trinajstić information content (AvgIpc) is 1.72. The molecule has 0 fully saturated rings. The van der Waals surface area contributed by atoms with Crippen LogP contribution in [0.1, 0.15) is 94.0 Å². The van der Waals surface area contributed by atoms with E-state index in [2.05, 4.69) is 47.9 Å². The third kappa shape index (κ3) is 18.7. The van der Waals surface area contributed by atoms with Crippen molar-refractivity contribution in [2.45, 2.75) is 29.4 Å². The largest absolute Gasteiger partial charge is 0.344 e.